The van der Waals surface area contributed by atoms with Crippen LogP contribution in [0.2, 0.25) is 0 Å². The van der Waals surface area contributed by atoms with Crippen molar-refractivity contribution in [3.05, 3.63) is 23.8 Å². The number of carbonyl (C=O) groups is 1. The van der Waals surface area contributed by atoms with Crippen molar-refractivity contribution in [2.75, 3.05) is 0 Å². The van der Waals surface area contributed by atoms with Crippen molar-refractivity contribution in [1.29, 1.82) is 0 Å². The van der Waals surface area contributed by atoms with Gasteiger partial charge in [0.25, 0.3) is 0 Å². The van der Waals surface area contributed by atoms with E-state index in [1.54, 1.807) is 0 Å². The topological polar surface area (TPSA) is 37.3 Å². The summed E-state index contributed by atoms with van der Waals surface area (Å²) in [5, 5.41) is 9.83. The van der Waals surface area contributed by atoms with Crippen LogP contribution in [0.1, 0.15) is 59.8 Å². The van der Waals surface area contributed by atoms with E-state index in [2.05, 4.69) is 39.0 Å². The lowest BCUT2D eigenvalue weighted by atomic mass is 9.45. The van der Waals surface area contributed by atoms with Gasteiger partial charge in [0.2, 0.25) is 0 Å². The minimum absolute atomic E-state index is 0.143. The highest BCUT2D eigenvalue weighted by Gasteiger charge is 2.58. The first kappa shape index (κ1) is 15.8. The van der Waals surface area contributed by atoms with E-state index in [0.717, 1.165) is 25.7 Å². The molecule has 3 aliphatic rings. The van der Waals surface area contributed by atoms with Crippen molar-refractivity contribution in [3.63, 3.8) is 0 Å². The van der Waals surface area contributed by atoms with Crippen molar-refractivity contribution in [2.24, 2.45) is 34.5 Å². The molecule has 2 fully saturated rings. The fourth-order valence-corrected chi connectivity index (χ4v) is 5.70. The Hall–Kier alpha value is -1.05. The van der Waals surface area contributed by atoms with Crippen molar-refractivity contribution >= 4 is 5.97 Å². The molecular formula is C20H30O2. The molecule has 5 atom stereocenters. The Balaban J connectivity index is 1.94. The summed E-state index contributed by atoms with van der Waals surface area (Å²) in [4.78, 5) is 11.9. The molecular weight excluding hydrogens is 272 g/mol. The fraction of sp³-hybridized carbons (Fsp3) is 0.750. The molecule has 5 unspecified atom stereocenters. The van der Waals surface area contributed by atoms with Crippen LogP contribution in [0.5, 0.6) is 0 Å². The lowest BCUT2D eigenvalue weighted by molar-refractivity contribution is -0.166. The summed E-state index contributed by atoms with van der Waals surface area (Å²) in [6.45, 7) is 8.88. The van der Waals surface area contributed by atoms with E-state index in [1.807, 2.05) is 6.92 Å². The molecule has 0 amide bonds. The van der Waals surface area contributed by atoms with Crippen LogP contribution in [0.15, 0.2) is 23.8 Å². The molecule has 0 aromatic rings. The van der Waals surface area contributed by atoms with Gasteiger partial charge in [0.15, 0.2) is 0 Å². The van der Waals surface area contributed by atoms with Crippen LogP contribution in [0.3, 0.4) is 0 Å². The third-order valence-electron chi connectivity index (χ3n) is 7.05. The summed E-state index contributed by atoms with van der Waals surface area (Å²) in [6.07, 6.45) is 12.5. The van der Waals surface area contributed by atoms with E-state index in [-0.39, 0.29) is 5.41 Å². The van der Waals surface area contributed by atoms with Gasteiger partial charge in [0.1, 0.15) is 0 Å². The van der Waals surface area contributed by atoms with Crippen LogP contribution >= 0.6 is 0 Å². The zero-order valence-electron chi connectivity index (χ0n) is 14.4. The zero-order chi connectivity index (χ0) is 16.1. The quantitative estimate of drug-likeness (QED) is 0.774. The number of carboxylic acids is 1. The van der Waals surface area contributed by atoms with E-state index in [0.29, 0.717) is 23.7 Å². The molecule has 0 heterocycles. The van der Waals surface area contributed by atoms with Crippen molar-refractivity contribution < 1.29 is 9.90 Å². The average molecular weight is 302 g/mol. The van der Waals surface area contributed by atoms with E-state index in [1.165, 1.54) is 12.0 Å². The summed E-state index contributed by atoms with van der Waals surface area (Å²) in [5.41, 5.74) is 1.07. The van der Waals surface area contributed by atoms with Crippen LogP contribution in [0, 0.1) is 34.5 Å². The maximum Gasteiger partial charge on any atom is 0.309 e. The first-order valence-corrected chi connectivity index (χ1v) is 8.92. The van der Waals surface area contributed by atoms with Gasteiger partial charge in [-0.15, -0.1) is 0 Å². The Bertz CT molecular complexity index is 530. The molecule has 22 heavy (non-hydrogen) atoms. The average Bonchev–Trinajstić information content (AvgIpc) is 2.46. The molecule has 2 saturated carbocycles. The highest BCUT2D eigenvalue weighted by molar-refractivity contribution is 5.75. The second-order valence-electron chi connectivity index (χ2n) is 8.58. The molecule has 1 N–H and O–H groups in total. The van der Waals surface area contributed by atoms with Crippen LogP contribution in [-0.2, 0) is 4.79 Å². The molecule has 0 aromatic carbocycles. The largest absolute Gasteiger partial charge is 0.481 e. The first-order valence-electron chi connectivity index (χ1n) is 8.92. The number of aliphatic carboxylic acids is 1. The van der Waals surface area contributed by atoms with Crippen molar-refractivity contribution in [1.82, 2.24) is 0 Å². The second kappa shape index (κ2) is 5.25. The predicted octanol–water partition coefficient (Wildman–Crippen LogP) is 5.06. The zero-order valence-corrected chi connectivity index (χ0v) is 14.4. The van der Waals surface area contributed by atoms with Crippen molar-refractivity contribution in [3.8, 4) is 0 Å². The number of allylic oxidation sites excluding steroid dienone is 4. The van der Waals surface area contributed by atoms with Gasteiger partial charge >= 0.3 is 5.97 Å². The predicted molar refractivity (Wildman–Crippen MR) is 89.5 cm³/mol. The minimum Gasteiger partial charge on any atom is -0.481 e. The number of hydrogen-bond acceptors (Lipinski definition) is 1. The summed E-state index contributed by atoms with van der Waals surface area (Å²) in [5.74, 6) is 1.44. The third kappa shape index (κ3) is 2.18. The monoisotopic (exact) mass is 302 g/mol. The Morgan fingerprint density at radius 3 is 2.64 bits per heavy atom. The van der Waals surface area contributed by atoms with Gasteiger partial charge in [-0.25, -0.2) is 0 Å². The normalized spacial score (nSPS) is 44.2. The Kier molecular flexibility index (Phi) is 3.78. The second-order valence-corrected chi connectivity index (χ2v) is 8.58. The molecule has 0 saturated heterocycles. The summed E-state index contributed by atoms with van der Waals surface area (Å²) in [7, 11) is 0. The van der Waals surface area contributed by atoms with Gasteiger partial charge < -0.3 is 5.11 Å². The van der Waals surface area contributed by atoms with E-state index >= 15 is 0 Å². The number of fused-ring (bicyclic) bond motifs is 3. The number of carboxylic acid groups (broad SMARTS) is 1. The Morgan fingerprint density at radius 2 is 2.00 bits per heavy atom. The van der Waals surface area contributed by atoms with Crippen LogP contribution in [0.25, 0.3) is 0 Å². The molecule has 0 bridgehead atoms. The lowest BCUT2D eigenvalue weighted by Gasteiger charge is -2.58. The van der Waals surface area contributed by atoms with Gasteiger partial charge in [-0.3, -0.25) is 4.79 Å². The van der Waals surface area contributed by atoms with Gasteiger partial charge in [-0.05, 0) is 67.3 Å². The molecule has 0 radical (unpaired) electrons. The molecule has 3 aliphatic carbocycles. The van der Waals surface area contributed by atoms with Crippen molar-refractivity contribution in [2.45, 2.75) is 59.8 Å². The standard InChI is InChI=1S/C20H30O2/c1-13(2)14-6-8-16-15(12-14)7-9-17-19(16,3)10-5-11-20(17,4)18(21)22/h6,8,12-13,15-17H,5,7,9-11H2,1-4H3,(H,21,22). The minimum atomic E-state index is -0.583. The first-order chi connectivity index (χ1) is 10.3. The van der Waals surface area contributed by atoms with E-state index < -0.39 is 11.4 Å². The highest BCUT2D eigenvalue weighted by atomic mass is 16.4. The summed E-state index contributed by atoms with van der Waals surface area (Å²) in [6, 6.07) is 0. The fourth-order valence-electron chi connectivity index (χ4n) is 5.70. The van der Waals surface area contributed by atoms with E-state index in [4.69, 9.17) is 0 Å². The van der Waals surface area contributed by atoms with Gasteiger partial charge in [-0.1, -0.05) is 45.4 Å². The Morgan fingerprint density at radius 1 is 1.27 bits per heavy atom. The summed E-state index contributed by atoms with van der Waals surface area (Å²) < 4.78 is 0. The van der Waals surface area contributed by atoms with Gasteiger partial charge in [0, 0.05) is 0 Å². The van der Waals surface area contributed by atoms with Crippen LogP contribution in [-0.4, -0.2) is 11.1 Å². The van der Waals surface area contributed by atoms with Crippen LogP contribution < -0.4 is 0 Å². The maximum absolute atomic E-state index is 11.9. The van der Waals surface area contributed by atoms with E-state index in [9.17, 15) is 9.90 Å². The molecule has 3 rings (SSSR count). The molecule has 0 aliphatic heterocycles. The molecule has 0 aromatic heterocycles. The molecule has 2 heteroatoms. The number of rotatable bonds is 2. The third-order valence-corrected chi connectivity index (χ3v) is 7.05. The SMILES string of the molecule is CC(C)C1=CC2CCC3C(C)(C(=O)O)CCCC3(C)C2C=C1. The highest BCUT2D eigenvalue weighted by Crippen LogP contribution is 2.62. The van der Waals surface area contributed by atoms with Crippen LogP contribution in [0.4, 0.5) is 0 Å². The lowest BCUT2D eigenvalue weighted by Crippen LogP contribution is -2.54. The maximum atomic E-state index is 11.9. The molecule has 2 nitrogen and oxygen atoms in total. The Labute approximate surface area is 134 Å². The van der Waals surface area contributed by atoms with Gasteiger partial charge in [0.05, 0.1) is 5.41 Å². The molecule has 122 valence electrons. The van der Waals surface area contributed by atoms with Gasteiger partial charge in [-0.2, -0.15) is 0 Å². The summed E-state index contributed by atoms with van der Waals surface area (Å²) >= 11 is 0. The smallest absolute Gasteiger partial charge is 0.309 e. The molecule has 0 spiro atoms. The number of hydrogen-bond donors (Lipinski definition) is 1.